The summed E-state index contributed by atoms with van der Waals surface area (Å²) in [4.78, 5) is 2.13. The second-order valence-corrected chi connectivity index (χ2v) is 5.57. The third-order valence-electron chi connectivity index (χ3n) is 3.90. The molecular weight excluding hydrogens is 311 g/mol. The van der Waals surface area contributed by atoms with Gasteiger partial charge >= 0.3 is 0 Å². The highest BCUT2D eigenvalue weighted by Crippen LogP contribution is 2.36. The van der Waals surface area contributed by atoms with Gasteiger partial charge in [0.25, 0.3) is 0 Å². The highest BCUT2D eigenvalue weighted by atomic mass is 35.5. The van der Waals surface area contributed by atoms with Gasteiger partial charge in [-0.2, -0.15) is 0 Å². The molecule has 6 heteroatoms. The van der Waals surface area contributed by atoms with Gasteiger partial charge in [-0.25, -0.2) is 0 Å². The molecule has 2 rings (SSSR count). The lowest BCUT2D eigenvalue weighted by atomic mass is 9.76. The van der Waals surface area contributed by atoms with E-state index in [1.165, 1.54) is 0 Å². The molecule has 1 aliphatic heterocycles. The van der Waals surface area contributed by atoms with Crippen LogP contribution in [0.25, 0.3) is 0 Å². The second kappa shape index (κ2) is 8.81. The van der Waals surface area contributed by atoms with Crippen molar-refractivity contribution < 1.29 is 9.84 Å². The van der Waals surface area contributed by atoms with Crippen molar-refractivity contribution >= 4 is 24.8 Å². The third-order valence-corrected chi connectivity index (χ3v) is 3.90. The van der Waals surface area contributed by atoms with E-state index in [-0.39, 0.29) is 30.7 Å². The number of benzene rings is 1. The molecule has 0 amide bonds. The molecule has 2 unspecified atom stereocenters. The molecule has 1 saturated heterocycles. The largest absolute Gasteiger partial charge is 0.497 e. The van der Waals surface area contributed by atoms with Crippen LogP contribution >= 0.6 is 24.8 Å². The first-order valence-corrected chi connectivity index (χ1v) is 6.78. The van der Waals surface area contributed by atoms with Crippen molar-refractivity contribution in [1.29, 1.82) is 0 Å². The Balaban J connectivity index is 0.00000200. The Labute approximate surface area is 139 Å². The minimum Gasteiger partial charge on any atom is -0.497 e. The molecule has 0 aliphatic carbocycles. The number of nitrogens with zero attached hydrogens (tertiary/aromatic N) is 1. The SMILES string of the molecule is COc1cccc(C2(O)CCNCC2CN(C)C)c1.Cl.Cl. The van der Waals surface area contributed by atoms with Crippen molar-refractivity contribution in [1.82, 2.24) is 10.2 Å². The minimum atomic E-state index is -0.774. The van der Waals surface area contributed by atoms with Gasteiger partial charge < -0.3 is 20.1 Å². The van der Waals surface area contributed by atoms with Gasteiger partial charge in [0.15, 0.2) is 0 Å². The zero-order valence-corrected chi connectivity index (χ0v) is 14.5. The lowest BCUT2D eigenvalue weighted by Crippen LogP contribution is -2.51. The molecule has 0 saturated carbocycles. The molecule has 1 aromatic carbocycles. The predicted molar refractivity (Wildman–Crippen MR) is 90.9 cm³/mol. The Kier molecular flexibility index (Phi) is 8.59. The normalized spacial score (nSPS) is 24.9. The summed E-state index contributed by atoms with van der Waals surface area (Å²) in [6.45, 7) is 2.55. The number of methoxy groups -OCH3 is 1. The molecule has 0 radical (unpaired) electrons. The van der Waals surface area contributed by atoms with Crippen molar-refractivity contribution in [2.75, 3.05) is 40.8 Å². The van der Waals surface area contributed by atoms with Crippen molar-refractivity contribution in [2.24, 2.45) is 5.92 Å². The third kappa shape index (κ3) is 4.73. The van der Waals surface area contributed by atoms with Gasteiger partial charge in [-0.3, -0.25) is 0 Å². The number of nitrogens with one attached hydrogen (secondary N) is 1. The summed E-state index contributed by atoms with van der Waals surface area (Å²) in [6, 6.07) is 7.81. The van der Waals surface area contributed by atoms with Crippen LogP contribution in [0.2, 0.25) is 0 Å². The van der Waals surface area contributed by atoms with Gasteiger partial charge in [-0.1, -0.05) is 12.1 Å². The van der Waals surface area contributed by atoms with Crippen LogP contribution in [0.3, 0.4) is 0 Å². The molecule has 1 fully saturated rings. The Morgan fingerprint density at radius 2 is 2.10 bits per heavy atom. The quantitative estimate of drug-likeness (QED) is 0.881. The van der Waals surface area contributed by atoms with Crippen molar-refractivity contribution in [3.8, 4) is 5.75 Å². The number of hydrogen-bond donors (Lipinski definition) is 2. The van der Waals surface area contributed by atoms with Gasteiger partial charge in [0.2, 0.25) is 0 Å². The average molecular weight is 337 g/mol. The Bertz CT molecular complexity index is 432. The van der Waals surface area contributed by atoms with Crippen LogP contribution in [0, 0.1) is 5.92 Å². The number of piperidine rings is 1. The zero-order chi connectivity index (χ0) is 13.9. The fourth-order valence-electron chi connectivity index (χ4n) is 2.86. The predicted octanol–water partition coefficient (Wildman–Crippen LogP) is 1.90. The molecule has 1 heterocycles. The van der Waals surface area contributed by atoms with Crippen LogP contribution in [0.15, 0.2) is 24.3 Å². The zero-order valence-electron chi connectivity index (χ0n) is 12.8. The highest BCUT2D eigenvalue weighted by molar-refractivity contribution is 5.85. The monoisotopic (exact) mass is 336 g/mol. The van der Waals surface area contributed by atoms with E-state index in [0.717, 1.165) is 37.4 Å². The standard InChI is InChI=1S/C15H24N2O2.2ClH/c1-17(2)11-13-10-16-8-7-15(13,18)12-5-4-6-14(9-12)19-3;;/h4-6,9,13,16,18H,7-8,10-11H2,1-3H3;2*1H. The molecule has 2 N–H and O–H groups in total. The maximum Gasteiger partial charge on any atom is 0.119 e. The van der Waals surface area contributed by atoms with Crippen LogP contribution in [0.1, 0.15) is 12.0 Å². The maximum absolute atomic E-state index is 11.1. The molecule has 2 atom stereocenters. The molecular formula is C15H26Cl2N2O2. The first-order valence-electron chi connectivity index (χ1n) is 6.78. The lowest BCUT2D eigenvalue weighted by Gasteiger charge is -2.42. The molecule has 0 aromatic heterocycles. The van der Waals surface area contributed by atoms with E-state index in [0.29, 0.717) is 0 Å². The van der Waals surface area contributed by atoms with E-state index in [1.807, 2.05) is 38.4 Å². The highest BCUT2D eigenvalue weighted by Gasteiger charge is 2.40. The maximum atomic E-state index is 11.1. The van der Waals surface area contributed by atoms with Crippen LogP contribution in [-0.2, 0) is 5.60 Å². The Hall–Kier alpha value is -0.520. The Morgan fingerprint density at radius 3 is 2.71 bits per heavy atom. The van der Waals surface area contributed by atoms with E-state index in [1.54, 1.807) is 7.11 Å². The van der Waals surface area contributed by atoms with E-state index in [2.05, 4.69) is 10.2 Å². The van der Waals surface area contributed by atoms with Gasteiger partial charge in [0.05, 0.1) is 12.7 Å². The summed E-state index contributed by atoms with van der Waals surface area (Å²) in [5.41, 5.74) is 0.185. The minimum absolute atomic E-state index is 0. The number of ether oxygens (including phenoxy) is 1. The van der Waals surface area contributed by atoms with Crippen LogP contribution in [0.5, 0.6) is 5.75 Å². The Morgan fingerprint density at radius 1 is 1.38 bits per heavy atom. The number of halogens is 2. The van der Waals surface area contributed by atoms with Crippen molar-refractivity contribution in [3.05, 3.63) is 29.8 Å². The summed E-state index contributed by atoms with van der Waals surface area (Å²) >= 11 is 0. The van der Waals surface area contributed by atoms with Gasteiger partial charge in [0, 0.05) is 19.0 Å². The summed E-state index contributed by atoms with van der Waals surface area (Å²) in [5.74, 6) is 0.983. The molecule has 122 valence electrons. The topological polar surface area (TPSA) is 44.7 Å². The molecule has 21 heavy (non-hydrogen) atoms. The summed E-state index contributed by atoms with van der Waals surface area (Å²) in [7, 11) is 5.74. The number of rotatable bonds is 4. The summed E-state index contributed by atoms with van der Waals surface area (Å²) in [6.07, 6.45) is 0.735. The lowest BCUT2D eigenvalue weighted by molar-refractivity contribution is -0.0541. The summed E-state index contributed by atoms with van der Waals surface area (Å²) in [5, 5.41) is 14.5. The van der Waals surface area contributed by atoms with Crippen LogP contribution in [0.4, 0.5) is 0 Å². The number of aliphatic hydroxyl groups is 1. The first-order chi connectivity index (χ1) is 9.06. The summed E-state index contributed by atoms with van der Waals surface area (Å²) < 4.78 is 5.27. The van der Waals surface area contributed by atoms with Crippen molar-refractivity contribution in [2.45, 2.75) is 12.0 Å². The number of hydrogen-bond acceptors (Lipinski definition) is 4. The molecule has 0 bridgehead atoms. The smallest absolute Gasteiger partial charge is 0.119 e. The van der Waals surface area contributed by atoms with Crippen LogP contribution in [-0.4, -0.2) is 50.8 Å². The molecule has 4 nitrogen and oxygen atoms in total. The second-order valence-electron chi connectivity index (χ2n) is 5.57. The fourth-order valence-corrected chi connectivity index (χ4v) is 2.86. The van der Waals surface area contributed by atoms with E-state index in [4.69, 9.17) is 4.74 Å². The van der Waals surface area contributed by atoms with E-state index >= 15 is 0 Å². The first kappa shape index (κ1) is 20.5. The van der Waals surface area contributed by atoms with E-state index in [9.17, 15) is 5.11 Å². The van der Waals surface area contributed by atoms with Gasteiger partial charge in [-0.15, -0.1) is 24.8 Å². The average Bonchev–Trinajstić information content (AvgIpc) is 2.41. The van der Waals surface area contributed by atoms with Crippen LogP contribution < -0.4 is 10.1 Å². The van der Waals surface area contributed by atoms with Gasteiger partial charge in [0.1, 0.15) is 5.75 Å². The molecule has 1 aromatic rings. The van der Waals surface area contributed by atoms with Gasteiger partial charge in [-0.05, 0) is 44.8 Å². The van der Waals surface area contributed by atoms with E-state index < -0.39 is 5.60 Å². The molecule has 1 aliphatic rings. The van der Waals surface area contributed by atoms with Crippen molar-refractivity contribution in [3.63, 3.8) is 0 Å². The fraction of sp³-hybridized carbons (Fsp3) is 0.600. The molecule has 0 spiro atoms.